The number of hydrogen-bond acceptors (Lipinski definition) is 7. The summed E-state index contributed by atoms with van der Waals surface area (Å²) in [6.45, 7) is 2.10. The molecule has 8 heteroatoms. The Bertz CT molecular complexity index is 1150. The van der Waals surface area contributed by atoms with E-state index >= 15 is 0 Å². The maximum atomic E-state index is 13.6. The van der Waals surface area contributed by atoms with Crippen LogP contribution in [0.25, 0.3) is 5.76 Å². The molecule has 3 aliphatic carbocycles. The van der Waals surface area contributed by atoms with Gasteiger partial charge >= 0.3 is 0 Å². The molecular weight excluding hydrogens is 436 g/mol. The number of ketones is 2. The van der Waals surface area contributed by atoms with Gasteiger partial charge in [0.15, 0.2) is 11.6 Å². The molecule has 1 aromatic rings. The van der Waals surface area contributed by atoms with E-state index in [1.54, 1.807) is 0 Å². The zero-order valence-electron chi connectivity index (χ0n) is 19.9. The number of rotatable bonds is 6. The molecule has 3 atom stereocenters. The first-order chi connectivity index (χ1) is 16.1. The van der Waals surface area contributed by atoms with Crippen LogP contribution in [-0.4, -0.2) is 46.9 Å². The summed E-state index contributed by atoms with van der Waals surface area (Å²) in [5.74, 6) is -4.98. The maximum absolute atomic E-state index is 13.6. The van der Waals surface area contributed by atoms with E-state index in [1.807, 2.05) is 25.1 Å². The predicted octanol–water partition coefficient (Wildman–Crippen LogP) is 3.11. The lowest BCUT2D eigenvalue weighted by Gasteiger charge is -2.41. The number of fused-ring (bicyclic) bond motifs is 3. The van der Waals surface area contributed by atoms with Crippen molar-refractivity contribution in [1.29, 1.82) is 0 Å². The molecule has 1 aromatic carbocycles. The number of carbonyl (C=O) groups excluding carboxylic acids is 3. The molecule has 34 heavy (non-hydrogen) atoms. The zero-order chi connectivity index (χ0) is 24.9. The van der Waals surface area contributed by atoms with E-state index in [1.165, 1.54) is 0 Å². The van der Waals surface area contributed by atoms with Crippen LogP contribution in [0.2, 0.25) is 0 Å². The number of phenolic OH excluding ortho intramolecular Hbond substituents is 1. The first-order valence-corrected chi connectivity index (χ1v) is 11.9. The molecule has 1 amide bonds. The van der Waals surface area contributed by atoms with Crippen molar-refractivity contribution in [3.05, 3.63) is 39.7 Å². The average molecular weight is 469 g/mol. The molecule has 0 spiro atoms. The number of anilines is 1. The minimum absolute atomic E-state index is 0.0218. The van der Waals surface area contributed by atoms with Gasteiger partial charge < -0.3 is 26.0 Å². The summed E-state index contributed by atoms with van der Waals surface area (Å²) in [5, 5.41) is 33.1. The summed E-state index contributed by atoms with van der Waals surface area (Å²) in [7, 11) is 3.80. The van der Waals surface area contributed by atoms with Crippen LogP contribution in [0, 0.1) is 17.8 Å². The molecule has 0 aliphatic heterocycles. The van der Waals surface area contributed by atoms with E-state index < -0.39 is 40.6 Å². The minimum atomic E-state index is -1.10. The van der Waals surface area contributed by atoms with E-state index in [4.69, 9.17) is 5.73 Å². The van der Waals surface area contributed by atoms with Crippen molar-refractivity contribution in [2.24, 2.45) is 23.5 Å². The van der Waals surface area contributed by atoms with E-state index in [0.29, 0.717) is 24.8 Å². The van der Waals surface area contributed by atoms with Crippen LogP contribution < -0.4 is 10.6 Å². The highest BCUT2D eigenvalue weighted by Crippen LogP contribution is 2.52. The molecule has 2 unspecified atom stereocenters. The quantitative estimate of drug-likeness (QED) is 0.371. The highest BCUT2D eigenvalue weighted by atomic mass is 16.3. The second-order valence-electron chi connectivity index (χ2n) is 9.86. The number of nitrogens with zero attached hydrogens (tertiary/aromatic N) is 1. The largest absolute Gasteiger partial charge is 0.511 e. The Labute approximate surface area is 198 Å². The van der Waals surface area contributed by atoms with Gasteiger partial charge in [-0.2, -0.15) is 0 Å². The first kappa shape index (κ1) is 23.9. The van der Waals surface area contributed by atoms with Crippen LogP contribution in [0.3, 0.4) is 0 Å². The van der Waals surface area contributed by atoms with Gasteiger partial charge in [-0.25, -0.2) is 0 Å². The van der Waals surface area contributed by atoms with Crippen LogP contribution >= 0.6 is 0 Å². The van der Waals surface area contributed by atoms with E-state index in [-0.39, 0.29) is 35.0 Å². The van der Waals surface area contributed by atoms with Gasteiger partial charge in [0, 0.05) is 31.8 Å². The van der Waals surface area contributed by atoms with Crippen molar-refractivity contribution in [2.45, 2.75) is 51.9 Å². The number of hydrogen-bond donors (Lipinski definition) is 4. The summed E-state index contributed by atoms with van der Waals surface area (Å²) >= 11 is 0. The molecule has 182 valence electrons. The highest BCUT2D eigenvalue weighted by Gasteiger charge is 2.51. The monoisotopic (exact) mass is 468 g/mol. The summed E-state index contributed by atoms with van der Waals surface area (Å²) < 4.78 is 0. The van der Waals surface area contributed by atoms with Gasteiger partial charge in [-0.1, -0.05) is 19.8 Å². The Balaban J connectivity index is 1.86. The first-order valence-electron chi connectivity index (χ1n) is 11.9. The van der Waals surface area contributed by atoms with Crippen LogP contribution in [0.4, 0.5) is 5.69 Å². The molecule has 0 radical (unpaired) electrons. The van der Waals surface area contributed by atoms with Gasteiger partial charge in [-0.15, -0.1) is 0 Å². The lowest BCUT2D eigenvalue weighted by molar-refractivity contribution is -0.127. The highest BCUT2D eigenvalue weighted by molar-refractivity contribution is 6.21. The molecule has 1 fully saturated rings. The number of aromatic hydroxyl groups is 1. The van der Waals surface area contributed by atoms with Gasteiger partial charge in [0.1, 0.15) is 22.8 Å². The third kappa shape index (κ3) is 3.65. The second kappa shape index (κ2) is 8.81. The number of aliphatic hydroxyl groups is 2. The number of phenols is 1. The number of primary amides is 1. The number of allylic oxidation sites excluding steroid dienone is 2. The lowest BCUT2D eigenvalue weighted by Crippen LogP contribution is -2.44. The molecule has 3 aliphatic rings. The predicted molar refractivity (Wildman–Crippen MR) is 127 cm³/mol. The Morgan fingerprint density at radius 2 is 1.85 bits per heavy atom. The van der Waals surface area contributed by atoms with Gasteiger partial charge in [-0.3, -0.25) is 14.4 Å². The summed E-state index contributed by atoms with van der Waals surface area (Å²) in [6.07, 6.45) is 4.33. The molecule has 0 aromatic heterocycles. The van der Waals surface area contributed by atoms with Crippen molar-refractivity contribution in [2.75, 3.05) is 19.0 Å². The minimum Gasteiger partial charge on any atom is -0.511 e. The summed E-state index contributed by atoms with van der Waals surface area (Å²) in [4.78, 5) is 39.7. The van der Waals surface area contributed by atoms with Crippen LogP contribution in [0.15, 0.2) is 23.0 Å². The number of benzene rings is 1. The van der Waals surface area contributed by atoms with Gasteiger partial charge in [-0.05, 0) is 54.7 Å². The van der Waals surface area contributed by atoms with Crippen molar-refractivity contribution in [1.82, 2.24) is 0 Å². The van der Waals surface area contributed by atoms with E-state index in [0.717, 1.165) is 30.5 Å². The molecule has 4 rings (SSSR count). The Morgan fingerprint density at radius 3 is 2.47 bits per heavy atom. The maximum Gasteiger partial charge on any atom is 0.255 e. The van der Waals surface area contributed by atoms with Crippen LogP contribution in [0.1, 0.15) is 55.7 Å². The summed E-state index contributed by atoms with van der Waals surface area (Å²) in [5.41, 5.74) is 7.51. The molecule has 1 saturated carbocycles. The third-order valence-corrected chi connectivity index (χ3v) is 7.48. The summed E-state index contributed by atoms with van der Waals surface area (Å²) in [6, 6.07) is 1.95. The number of aryl methyl sites for hydroxylation is 1. The number of nitrogens with two attached hydrogens (primary N) is 1. The number of unbranched alkanes of at least 4 members (excludes halogenated alkanes) is 2. The van der Waals surface area contributed by atoms with Crippen molar-refractivity contribution in [3.63, 3.8) is 0 Å². The van der Waals surface area contributed by atoms with Gasteiger partial charge in [0.2, 0.25) is 0 Å². The average Bonchev–Trinajstić information content (AvgIpc) is 2.74. The van der Waals surface area contributed by atoms with E-state index in [2.05, 4.69) is 6.92 Å². The SMILES string of the molecule is CCCCCc1cc(N(C)C)c2c(c1O)C(O)=C1C(=O)C3C(O)=C(C(N)=O)C(=O)C[C@@H]3CC1C2. The third-order valence-electron chi connectivity index (χ3n) is 7.48. The fourth-order valence-corrected chi connectivity index (χ4v) is 5.90. The molecule has 0 bridgehead atoms. The smallest absolute Gasteiger partial charge is 0.255 e. The lowest BCUT2D eigenvalue weighted by atomic mass is 9.61. The fraction of sp³-hybridized carbons (Fsp3) is 0.500. The Kier molecular flexibility index (Phi) is 6.18. The number of carbonyl (C=O) groups is 3. The topological polar surface area (TPSA) is 141 Å². The molecular formula is C26H32N2O6. The molecule has 0 saturated heterocycles. The second-order valence-corrected chi connectivity index (χ2v) is 9.86. The van der Waals surface area contributed by atoms with Gasteiger partial charge in [0.05, 0.1) is 11.5 Å². The van der Waals surface area contributed by atoms with Crippen molar-refractivity contribution >= 4 is 28.9 Å². The molecule has 0 heterocycles. The molecule has 5 N–H and O–H groups in total. The van der Waals surface area contributed by atoms with E-state index in [9.17, 15) is 29.7 Å². The normalized spacial score (nSPS) is 24.0. The molecule has 8 nitrogen and oxygen atoms in total. The van der Waals surface area contributed by atoms with Crippen LogP contribution in [-0.2, 0) is 27.2 Å². The van der Waals surface area contributed by atoms with Crippen LogP contribution in [0.5, 0.6) is 5.75 Å². The fourth-order valence-electron chi connectivity index (χ4n) is 5.90. The zero-order valence-corrected chi connectivity index (χ0v) is 19.9. The van der Waals surface area contributed by atoms with Crippen molar-refractivity contribution in [3.8, 4) is 5.75 Å². The number of aliphatic hydroxyl groups excluding tert-OH is 2. The standard InChI is InChI=1S/C26H32N2O6/c1-4-5-6-7-12-10-16(28(2)3)15-9-13-8-14-11-17(29)21(26(27)34)25(33)19(14)23(31)18(13)24(32)20(15)22(12)30/h10,13-14,19,30,32-33H,4-9,11H2,1-3H3,(H2,27,34)/t13?,14-,19?/m0/s1. The number of amides is 1. The van der Waals surface area contributed by atoms with Crippen molar-refractivity contribution < 1.29 is 29.7 Å². The Hall–Kier alpha value is -3.29. The number of Topliss-reactive ketones (excluding diaryl/α,β-unsaturated/α-hetero) is 2. The van der Waals surface area contributed by atoms with Gasteiger partial charge in [0.25, 0.3) is 5.91 Å². The Morgan fingerprint density at radius 1 is 1.15 bits per heavy atom.